The van der Waals surface area contributed by atoms with E-state index in [4.69, 9.17) is 4.74 Å². The number of amides is 1. The lowest BCUT2D eigenvalue weighted by atomic mass is 10.1. The molecule has 3 aromatic carbocycles. The van der Waals surface area contributed by atoms with Gasteiger partial charge in [-0.1, -0.05) is 68.1 Å². The second-order valence-corrected chi connectivity index (χ2v) is 10.7. The summed E-state index contributed by atoms with van der Waals surface area (Å²) in [7, 11) is -2.44. The van der Waals surface area contributed by atoms with Crippen molar-refractivity contribution in [1.82, 2.24) is 5.32 Å². The van der Waals surface area contributed by atoms with Gasteiger partial charge < -0.3 is 10.1 Å². The van der Waals surface area contributed by atoms with Gasteiger partial charge >= 0.3 is 0 Å². The largest absolute Gasteiger partial charge is 0.497 e. The molecule has 1 aliphatic carbocycles. The maximum absolute atomic E-state index is 13.9. The highest BCUT2D eigenvalue weighted by atomic mass is 32.2. The first-order valence-electron chi connectivity index (χ1n) is 12.1. The molecule has 3 aromatic rings. The van der Waals surface area contributed by atoms with Gasteiger partial charge in [-0.3, -0.25) is 9.10 Å². The Kier molecular flexibility index (Phi) is 8.08. The lowest BCUT2D eigenvalue weighted by Gasteiger charge is -2.27. The molecule has 1 fully saturated rings. The van der Waals surface area contributed by atoms with Crippen molar-refractivity contribution in [2.45, 2.75) is 56.0 Å². The molecule has 0 radical (unpaired) electrons. The maximum Gasteiger partial charge on any atom is 0.264 e. The summed E-state index contributed by atoms with van der Waals surface area (Å²) >= 11 is 0. The Balaban J connectivity index is 1.72. The molecular formula is C28H32N2O4S. The highest BCUT2D eigenvalue weighted by molar-refractivity contribution is 7.92. The van der Waals surface area contributed by atoms with Crippen LogP contribution in [0.5, 0.6) is 5.75 Å². The van der Waals surface area contributed by atoms with Crippen molar-refractivity contribution in [3.8, 4) is 5.75 Å². The molecule has 0 spiro atoms. The van der Waals surface area contributed by atoms with E-state index in [0.717, 1.165) is 31.2 Å². The summed E-state index contributed by atoms with van der Waals surface area (Å²) < 4.78 is 34.3. The Morgan fingerprint density at radius 1 is 0.886 bits per heavy atom. The monoisotopic (exact) mass is 492 g/mol. The molecule has 0 unspecified atom stereocenters. The minimum Gasteiger partial charge on any atom is -0.497 e. The van der Waals surface area contributed by atoms with E-state index >= 15 is 0 Å². The van der Waals surface area contributed by atoms with Crippen LogP contribution >= 0.6 is 0 Å². The third-order valence-electron chi connectivity index (χ3n) is 6.42. The Morgan fingerprint density at radius 2 is 1.51 bits per heavy atom. The summed E-state index contributed by atoms with van der Waals surface area (Å²) in [5.74, 6) is 0.331. The van der Waals surface area contributed by atoms with E-state index in [2.05, 4.69) is 5.32 Å². The van der Waals surface area contributed by atoms with Gasteiger partial charge in [-0.15, -0.1) is 0 Å². The number of carbonyl (C=O) groups excluding carboxylic acids is 1. The van der Waals surface area contributed by atoms with Gasteiger partial charge in [0, 0.05) is 6.04 Å². The molecule has 6 nitrogen and oxygen atoms in total. The standard InChI is InChI=1S/C28H32N2O4S/c1-34-24-17-19-25(20-18-24)35(32,33)30(21-22-11-5-4-6-12-22)27-16-10-9-15-26(27)28(31)29-23-13-7-2-3-8-14-23/h4-6,9-12,15-20,23H,2-3,7-8,13-14,21H2,1H3,(H,29,31). The number of sulfonamides is 1. The van der Waals surface area contributed by atoms with E-state index in [1.165, 1.54) is 36.4 Å². The summed E-state index contributed by atoms with van der Waals surface area (Å²) in [6, 6.07) is 22.7. The van der Waals surface area contributed by atoms with Gasteiger partial charge in [-0.25, -0.2) is 8.42 Å². The van der Waals surface area contributed by atoms with Crippen LogP contribution in [-0.2, 0) is 16.6 Å². The number of carbonyl (C=O) groups is 1. The van der Waals surface area contributed by atoms with Gasteiger partial charge in [-0.2, -0.15) is 0 Å². The van der Waals surface area contributed by atoms with Crippen LogP contribution in [0.25, 0.3) is 0 Å². The van der Waals surface area contributed by atoms with E-state index in [1.54, 1.807) is 36.4 Å². The van der Waals surface area contributed by atoms with Crippen molar-refractivity contribution in [2.24, 2.45) is 0 Å². The van der Waals surface area contributed by atoms with E-state index in [0.29, 0.717) is 17.0 Å². The average molecular weight is 493 g/mol. The summed E-state index contributed by atoms with van der Waals surface area (Å²) in [5.41, 5.74) is 1.53. The van der Waals surface area contributed by atoms with Crippen LogP contribution in [0.4, 0.5) is 5.69 Å². The molecule has 1 aliphatic rings. The topological polar surface area (TPSA) is 75.7 Å². The fraction of sp³-hybridized carbons (Fsp3) is 0.321. The molecule has 0 bridgehead atoms. The van der Waals surface area contributed by atoms with Crippen molar-refractivity contribution in [3.63, 3.8) is 0 Å². The number of hydrogen-bond donors (Lipinski definition) is 1. The van der Waals surface area contributed by atoms with Crippen LogP contribution < -0.4 is 14.4 Å². The van der Waals surface area contributed by atoms with Crippen LogP contribution in [0.2, 0.25) is 0 Å². The van der Waals surface area contributed by atoms with Gasteiger partial charge in [0.1, 0.15) is 5.75 Å². The van der Waals surface area contributed by atoms with E-state index in [1.807, 2.05) is 30.3 Å². The third kappa shape index (κ3) is 6.03. The predicted molar refractivity (Wildman–Crippen MR) is 138 cm³/mol. The molecule has 1 N–H and O–H groups in total. The zero-order valence-electron chi connectivity index (χ0n) is 20.0. The Hall–Kier alpha value is -3.32. The minimum atomic E-state index is -3.97. The number of rotatable bonds is 8. The maximum atomic E-state index is 13.9. The number of hydrogen-bond acceptors (Lipinski definition) is 4. The molecule has 0 saturated heterocycles. The van der Waals surface area contributed by atoms with Crippen molar-refractivity contribution >= 4 is 21.6 Å². The molecule has 184 valence electrons. The number of methoxy groups -OCH3 is 1. The van der Waals surface area contributed by atoms with E-state index in [-0.39, 0.29) is 23.4 Å². The van der Waals surface area contributed by atoms with Crippen molar-refractivity contribution in [1.29, 1.82) is 0 Å². The fourth-order valence-electron chi connectivity index (χ4n) is 4.49. The van der Waals surface area contributed by atoms with Gasteiger partial charge in [0.15, 0.2) is 0 Å². The van der Waals surface area contributed by atoms with Crippen molar-refractivity contribution in [2.75, 3.05) is 11.4 Å². The van der Waals surface area contributed by atoms with Gasteiger partial charge in [0.25, 0.3) is 15.9 Å². The highest BCUT2D eigenvalue weighted by Gasteiger charge is 2.29. The normalized spacial score (nSPS) is 14.7. The van der Waals surface area contributed by atoms with Gasteiger partial charge in [0.2, 0.25) is 0 Å². The first kappa shape index (κ1) is 24.8. The number of anilines is 1. The first-order valence-corrected chi connectivity index (χ1v) is 13.5. The van der Waals surface area contributed by atoms with Crippen LogP contribution in [0, 0.1) is 0 Å². The number of para-hydroxylation sites is 1. The molecule has 35 heavy (non-hydrogen) atoms. The van der Waals surface area contributed by atoms with Crippen LogP contribution in [0.15, 0.2) is 83.8 Å². The zero-order valence-corrected chi connectivity index (χ0v) is 20.8. The predicted octanol–water partition coefficient (Wildman–Crippen LogP) is 5.54. The molecule has 7 heteroatoms. The second-order valence-electron chi connectivity index (χ2n) is 8.85. The Labute approximate surface area is 208 Å². The molecular weight excluding hydrogens is 460 g/mol. The SMILES string of the molecule is COc1ccc(S(=O)(=O)N(Cc2ccccc2)c2ccccc2C(=O)NC2CCCCCC2)cc1. The Morgan fingerprint density at radius 3 is 2.17 bits per heavy atom. The van der Waals surface area contributed by atoms with E-state index in [9.17, 15) is 13.2 Å². The number of benzene rings is 3. The van der Waals surface area contributed by atoms with Gasteiger partial charge in [-0.05, 0) is 54.8 Å². The third-order valence-corrected chi connectivity index (χ3v) is 8.20. The average Bonchev–Trinajstić information content (AvgIpc) is 3.16. The number of ether oxygens (including phenoxy) is 1. The van der Waals surface area contributed by atoms with Crippen LogP contribution in [0.3, 0.4) is 0 Å². The van der Waals surface area contributed by atoms with Crippen LogP contribution in [0.1, 0.15) is 54.4 Å². The molecule has 0 aliphatic heterocycles. The van der Waals surface area contributed by atoms with E-state index < -0.39 is 10.0 Å². The highest BCUT2D eigenvalue weighted by Crippen LogP contribution is 2.30. The van der Waals surface area contributed by atoms with Crippen molar-refractivity contribution in [3.05, 3.63) is 90.0 Å². The smallest absolute Gasteiger partial charge is 0.264 e. The summed E-state index contributed by atoms with van der Waals surface area (Å²) in [6.07, 6.45) is 6.47. The van der Waals surface area contributed by atoms with Crippen molar-refractivity contribution < 1.29 is 17.9 Å². The van der Waals surface area contributed by atoms with Crippen LogP contribution in [-0.4, -0.2) is 27.5 Å². The molecule has 4 rings (SSSR count). The zero-order chi connectivity index (χ0) is 24.7. The minimum absolute atomic E-state index is 0.100. The first-order chi connectivity index (χ1) is 17.0. The summed E-state index contributed by atoms with van der Waals surface area (Å²) in [4.78, 5) is 13.5. The summed E-state index contributed by atoms with van der Waals surface area (Å²) in [6.45, 7) is 0.100. The molecule has 0 aromatic heterocycles. The Bertz CT molecular complexity index is 1220. The summed E-state index contributed by atoms with van der Waals surface area (Å²) in [5, 5.41) is 3.16. The lowest BCUT2D eigenvalue weighted by molar-refractivity contribution is 0.0934. The fourth-order valence-corrected chi connectivity index (χ4v) is 5.97. The molecule has 1 amide bonds. The number of nitrogens with zero attached hydrogens (tertiary/aromatic N) is 1. The van der Waals surface area contributed by atoms with Gasteiger partial charge in [0.05, 0.1) is 29.8 Å². The molecule has 0 atom stereocenters. The number of nitrogens with one attached hydrogen (secondary N) is 1. The second kappa shape index (κ2) is 11.4. The lowest BCUT2D eigenvalue weighted by Crippen LogP contribution is -2.37. The quantitative estimate of drug-likeness (QED) is 0.419. The molecule has 1 saturated carbocycles. The molecule has 0 heterocycles.